The zero-order valence-corrected chi connectivity index (χ0v) is 19.5. The standard InChI is InChI=1S/C26H21N5O2S/c1-16-7-9-19(10-8-16)24-28-22-6-4-3-5-21(22)25-29-30-26(31(24)25)34-15-23(33)27-20-13-11-18(12-14-20)17(2)32/h3-14H,15H2,1-2H3,(H,27,33). The first-order chi connectivity index (χ1) is 16.5. The van der Waals surface area contributed by atoms with Crippen LogP contribution in [0.4, 0.5) is 5.69 Å². The van der Waals surface area contributed by atoms with Crippen LogP contribution >= 0.6 is 11.8 Å². The lowest BCUT2D eigenvalue weighted by molar-refractivity contribution is -0.113. The maximum absolute atomic E-state index is 12.6. The van der Waals surface area contributed by atoms with Crippen molar-refractivity contribution in [1.29, 1.82) is 0 Å². The van der Waals surface area contributed by atoms with Gasteiger partial charge in [-0.05, 0) is 50.2 Å². The topological polar surface area (TPSA) is 89.2 Å². The Balaban J connectivity index is 1.45. The molecule has 0 unspecified atom stereocenters. The summed E-state index contributed by atoms with van der Waals surface area (Å²) in [5, 5.41) is 13.1. The largest absolute Gasteiger partial charge is 0.325 e. The zero-order valence-electron chi connectivity index (χ0n) is 18.6. The Kier molecular flexibility index (Phi) is 5.81. The number of hydrogen-bond donors (Lipinski definition) is 1. The number of anilines is 1. The predicted molar refractivity (Wildman–Crippen MR) is 134 cm³/mol. The van der Waals surface area contributed by atoms with Crippen LogP contribution in [-0.2, 0) is 4.79 Å². The molecule has 34 heavy (non-hydrogen) atoms. The van der Waals surface area contributed by atoms with E-state index in [1.54, 1.807) is 24.3 Å². The summed E-state index contributed by atoms with van der Waals surface area (Å²) >= 11 is 1.30. The third kappa shape index (κ3) is 4.27. The molecule has 5 rings (SSSR count). The van der Waals surface area contributed by atoms with Crippen LogP contribution in [0.3, 0.4) is 0 Å². The Morgan fingerprint density at radius 3 is 2.41 bits per heavy atom. The minimum Gasteiger partial charge on any atom is -0.325 e. The highest BCUT2D eigenvalue weighted by Crippen LogP contribution is 2.29. The summed E-state index contributed by atoms with van der Waals surface area (Å²) in [6, 6.07) is 22.8. The lowest BCUT2D eigenvalue weighted by Gasteiger charge is -2.10. The van der Waals surface area contributed by atoms with Crippen molar-refractivity contribution in [3.63, 3.8) is 0 Å². The van der Waals surface area contributed by atoms with E-state index >= 15 is 0 Å². The number of Topliss-reactive ketones (excluding diaryl/α,β-unsaturated/α-hetero) is 1. The number of nitrogens with zero attached hydrogens (tertiary/aromatic N) is 4. The molecule has 0 saturated heterocycles. The van der Waals surface area contributed by atoms with Crippen molar-refractivity contribution in [2.75, 3.05) is 11.1 Å². The molecule has 5 aromatic rings. The van der Waals surface area contributed by atoms with Gasteiger partial charge in [0.2, 0.25) is 5.91 Å². The van der Waals surface area contributed by atoms with Crippen molar-refractivity contribution >= 4 is 45.7 Å². The first kappa shape index (κ1) is 21.8. The van der Waals surface area contributed by atoms with Crippen molar-refractivity contribution < 1.29 is 9.59 Å². The second-order valence-electron chi connectivity index (χ2n) is 7.93. The fourth-order valence-corrected chi connectivity index (χ4v) is 4.40. The van der Waals surface area contributed by atoms with Crippen molar-refractivity contribution in [3.05, 3.63) is 83.9 Å². The first-order valence-electron chi connectivity index (χ1n) is 10.7. The van der Waals surface area contributed by atoms with Crippen molar-refractivity contribution in [3.8, 4) is 11.4 Å². The van der Waals surface area contributed by atoms with E-state index in [0.29, 0.717) is 22.1 Å². The van der Waals surface area contributed by atoms with Crippen LogP contribution in [0.25, 0.3) is 27.9 Å². The normalized spacial score (nSPS) is 11.1. The highest BCUT2D eigenvalue weighted by atomic mass is 32.2. The molecule has 2 heterocycles. The summed E-state index contributed by atoms with van der Waals surface area (Å²) in [4.78, 5) is 28.9. The van der Waals surface area contributed by atoms with E-state index in [1.807, 2.05) is 59.9 Å². The highest BCUT2D eigenvalue weighted by molar-refractivity contribution is 7.99. The van der Waals surface area contributed by atoms with Gasteiger partial charge in [0.15, 0.2) is 16.6 Å². The molecule has 8 heteroatoms. The number of fused-ring (bicyclic) bond motifs is 3. The number of aryl methyl sites for hydroxylation is 1. The van der Waals surface area contributed by atoms with E-state index in [-0.39, 0.29) is 17.4 Å². The molecule has 0 aliphatic rings. The van der Waals surface area contributed by atoms with Gasteiger partial charge in [-0.25, -0.2) is 4.98 Å². The Hall–Kier alpha value is -4.04. The number of ketones is 1. The van der Waals surface area contributed by atoms with E-state index in [9.17, 15) is 9.59 Å². The highest BCUT2D eigenvalue weighted by Gasteiger charge is 2.17. The van der Waals surface area contributed by atoms with Crippen molar-refractivity contribution in [2.45, 2.75) is 19.0 Å². The first-order valence-corrected chi connectivity index (χ1v) is 11.7. The van der Waals surface area contributed by atoms with Gasteiger partial charge in [-0.2, -0.15) is 0 Å². The van der Waals surface area contributed by atoms with Crippen LogP contribution in [0.5, 0.6) is 0 Å². The molecule has 7 nitrogen and oxygen atoms in total. The van der Waals surface area contributed by atoms with Gasteiger partial charge in [-0.3, -0.25) is 14.0 Å². The van der Waals surface area contributed by atoms with Gasteiger partial charge in [0.1, 0.15) is 5.82 Å². The van der Waals surface area contributed by atoms with Gasteiger partial charge in [0.25, 0.3) is 0 Å². The molecule has 0 radical (unpaired) electrons. The zero-order chi connectivity index (χ0) is 23.7. The van der Waals surface area contributed by atoms with Gasteiger partial charge < -0.3 is 5.32 Å². The summed E-state index contributed by atoms with van der Waals surface area (Å²) in [5.41, 5.74) is 4.87. The average molecular weight is 468 g/mol. The third-order valence-corrected chi connectivity index (χ3v) is 6.36. The van der Waals surface area contributed by atoms with Gasteiger partial charge in [0, 0.05) is 22.2 Å². The number of nitrogens with one attached hydrogen (secondary N) is 1. The Morgan fingerprint density at radius 1 is 0.941 bits per heavy atom. The smallest absolute Gasteiger partial charge is 0.234 e. The van der Waals surface area contributed by atoms with Crippen LogP contribution in [0, 0.1) is 6.92 Å². The minimum atomic E-state index is -0.178. The van der Waals surface area contributed by atoms with Crippen LogP contribution < -0.4 is 5.32 Å². The van der Waals surface area contributed by atoms with E-state index < -0.39 is 0 Å². The Morgan fingerprint density at radius 2 is 1.68 bits per heavy atom. The summed E-state index contributed by atoms with van der Waals surface area (Å²) in [5.74, 6) is 0.678. The SMILES string of the molecule is CC(=O)c1ccc(NC(=O)CSc2nnc3c4ccccc4nc(-c4ccc(C)cc4)n23)cc1. The average Bonchev–Trinajstić information content (AvgIpc) is 3.27. The van der Waals surface area contributed by atoms with Crippen LogP contribution in [0.1, 0.15) is 22.8 Å². The number of hydrogen-bond acceptors (Lipinski definition) is 6. The number of rotatable bonds is 6. The van der Waals surface area contributed by atoms with Gasteiger partial charge in [-0.15, -0.1) is 10.2 Å². The molecule has 1 N–H and O–H groups in total. The van der Waals surface area contributed by atoms with Crippen molar-refractivity contribution in [1.82, 2.24) is 19.6 Å². The second-order valence-corrected chi connectivity index (χ2v) is 8.87. The fraction of sp³-hybridized carbons (Fsp3) is 0.115. The second kappa shape index (κ2) is 9.07. The molecule has 0 bridgehead atoms. The lowest BCUT2D eigenvalue weighted by Crippen LogP contribution is -2.14. The maximum Gasteiger partial charge on any atom is 0.234 e. The van der Waals surface area contributed by atoms with Crippen LogP contribution in [-0.4, -0.2) is 37.0 Å². The quantitative estimate of drug-likeness (QED) is 0.273. The summed E-state index contributed by atoms with van der Waals surface area (Å²) in [6.45, 7) is 3.55. The summed E-state index contributed by atoms with van der Waals surface area (Å²) in [6.07, 6.45) is 0. The number of aromatic nitrogens is 4. The van der Waals surface area contributed by atoms with Gasteiger partial charge >= 0.3 is 0 Å². The molecular formula is C26H21N5O2S. The molecular weight excluding hydrogens is 446 g/mol. The van der Waals surface area contributed by atoms with E-state index in [4.69, 9.17) is 4.98 Å². The van der Waals surface area contributed by atoms with Crippen LogP contribution in [0.2, 0.25) is 0 Å². The molecule has 168 valence electrons. The molecule has 3 aromatic carbocycles. The van der Waals surface area contributed by atoms with E-state index in [0.717, 1.165) is 27.9 Å². The molecule has 0 saturated carbocycles. The van der Waals surface area contributed by atoms with Gasteiger partial charge in [0.05, 0.1) is 11.3 Å². The number of carbonyl (C=O) groups is 2. The minimum absolute atomic E-state index is 0.0161. The molecule has 2 aromatic heterocycles. The van der Waals surface area contributed by atoms with Gasteiger partial charge in [-0.1, -0.05) is 53.7 Å². The van der Waals surface area contributed by atoms with Crippen molar-refractivity contribution in [2.24, 2.45) is 0 Å². The Bertz CT molecular complexity index is 1530. The van der Waals surface area contributed by atoms with E-state index in [2.05, 4.69) is 15.5 Å². The number of carbonyl (C=O) groups excluding carboxylic acids is 2. The molecule has 0 spiro atoms. The number of para-hydroxylation sites is 1. The number of benzene rings is 3. The molecule has 0 aliphatic carbocycles. The number of amides is 1. The molecule has 0 aliphatic heterocycles. The maximum atomic E-state index is 12.6. The number of thioether (sulfide) groups is 1. The van der Waals surface area contributed by atoms with E-state index in [1.165, 1.54) is 18.7 Å². The molecule has 0 atom stereocenters. The molecule has 1 amide bonds. The monoisotopic (exact) mass is 467 g/mol. The third-order valence-electron chi connectivity index (χ3n) is 5.43. The lowest BCUT2D eigenvalue weighted by atomic mass is 10.1. The van der Waals surface area contributed by atoms with Crippen LogP contribution in [0.15, 0.2) is 78.0 Å². The molecule has 0 fully saturated rings. The Labute approximate surface area is 200 Å². The fourth-order valence-electron chi connectivity index (χ4n) is 3.66. The summed E-state index contributed by atoms with van der Waals surface area (Å²) < 4.78 is 1.91. The predicted octanol–water partition coefficient (Wildman–Crippen LogP) is 5.19. The summed E-state index contributed by atoms with van der Waals surface area (Å²) in [7, 11) is 0.